The van der Waals surface area contributed by atoms with E-state index in [-0.39, 0.29) is 5.78 Å². The Kier molecular flexibility index (Phi) is 6.37. The zero-order valence-corrected chi connectivity index (χ0v) is 18.2. The molecule has 0 atom stereocenters. The van der Waals surface area contributed by atoms with E-state index < -0.39 is 0 Å². The minimum Gasteiger partial charge on any atom is -0.493 e. The lowest BCUT2D eigenvalue weighted by atomic mass is 10.1. The van der Waals surface area contributed by atoms with Gasteiger partial charge in [0.2, 0.25) is 11.5 Å². The van der Waals surface area contributed by atoms with Crippen molar-refractivity contribution >= 4 is 22.8 Å². The van der Waals surface area contributed by atoms with Crippen molar-refractivity contribution in [1.82, 2.24) is 0 Å². The molecule has 0 aliphatic heterocycles. The first-order valence-corrected chi connectivity index (χ1v) is 9.75. The largest absolute Gasteiger partial charge is 0.493 e. The van der Waals surface area contributed by atoms with E-state index in [9.17, 15) is 4.79 Å². The molecule has 7 nitrogen and oxygen atoms in total. The van der Waals surface area contributed by atoms with Crippen LogP contribution in [0.5, 0.6) is 28.7 Å². The first-order chi connectivity index (χ1) is 14.5. The van der Waals surface area contributed by atoms with Crippen LogP contribution in [0.15, 0.2) is 36.4 Å². The van der Waals surface area contributed by atoms with Gasteiger partial charge in [-0.05, 0) is 42.0 Å². The zero-order chi connectivity index (χ0) is 21.8. The van der Waals surface area contributed by atoms with E-state index in [0.717, 1.165) is 10.4 Å². The molecule has 3 rings (SSSR count). The number of benzene rings is 2. The Labute approximate surface area is 178 Å². The second-order valence-electron chi connectivity index (χ2n) is 6.21. The molecule has 0 spiro atoms. The molecule has 158 valence electrons. The maximum atomic E-state index is 13.2. The van der Waals surface area contributed by atoms with Crippen LogP contribution in [-0.4, -0.2) is 41.3 Å². The number of rotatable bonds is 8. The topological polar surface area (TPSA) is 89.2 Å². The van der Waals surface area contributed by atoms with Crippen molar-refractivity contribution in [3.63, 3.8) is 0 Å². The van der Waals surface area contributed by atoms with E-state index in [1.54, 1.807) is 32.4 Å². The molecule has 0 unspecified atom stereocenters. The first kappa shape index (κ1) is 21.3. The van der Waals surface area contributed by atoms with Crippen molar-refractivity contribution in [2.45, 2.75) is 0 Å². The summed E-state index contributed by atoms with van der Waals surface area (Å²) in [6, 6.07) is 10.5. The Morgan fingerprint density at radius 3 is 1.90 bits per heavy atom. The first-order valence-electron chi connectivity index (χ1n) is 8.93. The Morgan fingerprint density at radius 1 is 0.767 bits per heavy atom. The molecule has 0 bridgehead atoms. The molecule has 1 aromatic heterocycles. The summed E-state index contributed by atoms with van der Waals surface area (Å²) in [5.74, 6) is 2.20. The maximum absolute atomic E-state index is 13.2. The number of nitrogens with two attached hydrogens (primary N) is 1. The third-order valence-corrected chi connectivity index (χ3v) is 5.76. The number of nitrogen functional groups attached to an aromatic ring is 1. The highest BCUT2D eigenvalue weighted by Gasteiger charge is 2.22. The van der Waals surface area contributed by atoms with Gasteiger partial charge in [0.25, 0.3) is 0 Å². The SMILES string of the molecule is COc1ccc(-c2cc(N)c(C(=O)c3cc(OC)c(OC)c(OC)c3)s2)cc1OC. The van der Waals surface area contributed by atoms with Crippen LogP contribution >= 0.6 is 11.3 Å². The molecule has 0 amide bonds. The average molecular weight is 429 g/mol. The Hall–Kier alpha value is -3.39. The van der Waals surface area contributed by atoms with Gasteiger partial charge in [-0.3, -0.25) is 4.79 Å². The van der Waals surface area contributed by atoms with Crippen LogP contribution in [0.3, 0.4) is 0 Å². The number of hydrogen-bond acceptors (Lipinski definition) is 8. The minimum absolute atomic E-state index is 0.233. The van der Waals surface area contributed by atoms with Crippen molar-refractivity contribution in [2.24, 2.45) is 0 Å². The lowest BCUT2D eigenvalue weighted by Gasteiger charge is -2.13. The number of methoxy groups -OCH3 is 5. The highest BCUT2D eigenvalue weighted by Crippen LogP contribution is 2.41. The molecule has 0 saturated heterocycles. The van der Waals surface area contributed by atoms with Crippen LogP contribution in [0.25, 0.3) is 10.4 Å². The summed E-state index contributed by atoms with van der Waals surface area (Å²) in [4.78, 5) is 14.5. The van der Waals surface area contributed by atoms with Crippen LogP contribution in [0.4, 0.5) is 5.69 Å². The predicted molar refractivity (Wildman–Crippen MR) is 117 cm³/mol. The fraction of sp³-hybridized carbons (Fsp3) is 0.227. The van der Waals surface area contributed by atoms with Crippen LogP contribution in [0, 0.1) is 0 Å². The van der Waals surface area contributed by atoms with E-state index in [1.807, 2.05) is 18.2 Å². The Morgan fingerprint density at radius 2 is 1.37 bits per heavy atom. The van der Waals surface area contributed by atoms with Gasteiger partial charge in [0, 0.05) is 10.4 Å². The van der Waals surface area contributed by atoms with Crippen LogP contribution < -0.4 is 29.4 Å². The lowest BCUT2D eigenvalue weighted by molar-refractivity contribution is 0.104. The molecular formula is C22H23NO6S. The van der Waals surface area contributed by atoms with E-state index in [1.165, 1.54) is 32.7 Å². The number of anilines is 1. The minimum atomic E-state index is -0.233. The molecular weight excluding hydrogens is 406 g/mol. The van der Waals surface area contributed by atoms with Gasteiger partial charge in [-0.25, -0.2) is 0 Å². The average Bonchev–Trinajstić information content (AvgIpc) is 3.18. The highest BCUT2D eigenvalue weighted by atomic mass is 32.1. The standard InChI is InChI=1S/C22H23NO6S/c1-25-15-7-6-12(8-16(15)26-2)19-11-14(23)22(30-19)20(24)13-9-17(27-3)21(29-5)18(10-13)28-4/h6-11H,23H2,1-5H3. The summed E-state index contributed by atoms with van der Waals surface area (Å²) in [5.41, 5.74) is 7.83. The molecule has 3 aromatic rings. The van der Waals surface area contributed by atoms with Gasteiger partial charge in [0.15, 0.2) is 23.0 Å². The second kappa shape index (κ2) is 8.96. The smallest absolute Gasteiger partial charge is 0.205 e. The van der Waals surface area contributed by atoms with E-state index in [0.29, 0.717) is 44.9 Å². The van der Waals surface area contributed by atoms with Gasteiger partial charge < -0.3 is 29.4 Å². The number of carbonyl (C=O) groups is 1. The van der Waals surface area contributed by atoms with Gasteiger partial charge in [-0.2, -0.15) is 0 Å². The lowest BCUT2D eigenvalue weighted by Crippen LogP contribution is -2.04. The van der Waals surface area contributed by atoms with Gasteiger partial charge >= 0.3 is 0 Å². The third kappa shape index (κ3) is 3.86. The molecule has 2 aromatic carbocycles. The monoisotopic (exact) mass is 429 g/mol. The van der Waals surface area contributed by atoms with E-state index >= 15 is 0 Å². The number of carbonyl (C=O) groups excluding carboxylic acids is 1. The van der Waals surface area contributed by atoms with Crippen LogP contribution in [0.2, 0.25) is 0 Å². The fourth-order valence-electron chi connectivity index (χ4n) is 3.06. The van der Waals surface area contributed by atoms with Gasteiger partial charge in [-0.1, -0.05) is 0 Å². The molecule has 2 N–H and O–H groups in total. The quantitative estimate of drug-likeness (QED) is 0.535. The van der Waals surface area contributed by atoms with Gasteiger partial charge in [0.05, 0.1) is 46.1 Å². The molecule has 1 heterocycles. The highest BCUT2D eigenvalue weighted by molar-refractivity contribution is 7.18. The summed E-state index contributed by atoms with van der Waals surface area (Å²) in [6.45, 7) is 0. The summed E-state index contributed by atoms with van der Waals surface area (Å²) in [5, 5.41) is 0. The molecule has 8 heteroatoms. The fourth-order valence-corrected chi connectivity index (χ4v) is 4.10. The maximum Gasteiger partial charge on any atom is 0.205 e. The van der Waals surface area contributed by atoms with Crippen molar-refractivity contribution < 1.29 is 28.5 Å². The van der Waals surface area contributed by atoms with Crippen LogP contribution in [0.1, 0.15) is 15.2 Å². The van der Waals surface area contributed by atoms with Gasteiger partial charge in [0.1, 0.15) is 0 Å². The third-order valence-electron chi connectivity index (χ3n) is 4.56. The molecule has 0 fully saturated rings. The molecule has 0 aliphatic rings. The van der Waals surface area contributed by atoms with Gasteiger partial charge in [-0.15, -0.1) is 11.3 Å². The van der Waals surface area contributed by atoms with Crippen molar-refractivity contribution in [1.29, 1.82) is 0 Å². The summed E-state index contributed by atoms with van der Waals surface area (Å²) < 4.78 is 26.7. The van der Waals surface area contributed by atoms with Crippen LogP contribution in [-0.2, 0) is 0 Å². The predicted octanol–water partition coefficient (Wildman–Crippen LogP) is 4.27. The Balaban J connectivity index is 2.02. The number of ether oxygens (including phenoxy) is 5. The van der Waals surface area contributed by atoms with E-state index in [2.05, 4.69) is 0 Å². The molecule has 30 heavy (non-hydrogen) atoms. The van der Waals surface area contributed by atoms with Crippen molar-refractivity contribution in [3.8, 4) is 39.2 Å². The number of hydrogen-bond donors (Lipinski definition) is 1. The zero-order valence-electron chi connectivity index (χ0n) is 17.4. The summed E-state index contributed by atoms with van der Waals surface area (Å²) in [6.07, 6.45) is 0. The summed E-state index contributed by atoms with van der Waals surface area (Å²) >= 11 is 1.30. The molecule has 0 aliphatic carbocycles. The van der Waals surface area contributed by atoms with Crippen molar-refractivity contribution in [2.75, 3.05) is 41.3 Å². The molecule has 0 radical (unpaired) electrons. The normalized spacial score (nSPS) is 10.4. The molecule has 0 saturated carbocycles. The number of thiophene rings is 1. The number of ketones is 1. The van der Waals surface area contributed by atoms with E-state index in [4.69, 9.17) is 29.4 Å². The second-order valence-corrected chi connectivity index (χ2v) is 7.26. The Bertz CT molecular complexity index is 1050. The van der Waals surface area contributed by atoms with Crippen molar-refractivity contribution in [3.05, 3.63) is 46.8 Å². The summed E-state index contributed by atoms with van der Waals surface area (Å²) in [7, 11) is 7.66.